The van der Waals surface area contributed by atoms with Gasteiger partial charge in [0.2, 0.25) is 0 Å². The van der Waals surface area contributed by atoms with Crippen LogP contribution in [0, 0.1) is 17.8 Å². The minimum Gasteiger partial charge on any atom is -0.179 e. The van der Waals surface area contributed by atoms with Crippen LogP contribution >= 0.6 is 12.6 Å². The van der Waals surface area contributed by atoms with Gasteiger partial charge in [-0.3, -0.25) is 0 Å². The second-order valence-electron chi connectivity index (χ2n) is 4.24. The lowest BCUT2D eigenvalue weighted by atomic mass is 9.69. The topological polar surface area (TPSA) is 0 Å². The van der Waals surface area contributed by atoms with Crippen LogP contribution in [-0.4, -0.2) is 5.75 Å². The molecule has 1 fully saturated rings. The molecule has 2 atom stereocenters. The molecule has 0 radical (unpaired) electrons. The highest BCUT2D eigenvalue weighted by atomic mass is 32.1. The van der Waals surface area contributed by atoms with Gasteiger partial charge in [0.1, 0.15) is 0 Å². The molecule has 0 amide bonds. The van der Waals surface area contributed by atoms with Crippen molar-refractivity contribution in [2.45, 2.75) is 39.5 Å². The van der Waals surface area contributed by atoms with Crippen molar-refractivity contribution in [2.75, 3.05) is 5.75 Å². The van der Waals surface area contributed by atoms with E-state index in [9.17, 15) is 0 Å². The number of thiol groups is 1. The van der Waals surface area contributed by atoms with Crippen molar-refractivity contribution in [1.29, 1.82) is 0 Å². The molecule has 0 saturated heterocycles. The zero-order valence-corrected chi connectivity index (χ0v) is 8.61. The lowest BCUT2D eigenvalue weighted by molar-refractivity contribution is 0.143. The summed E-state index contributed by atoms with van der Waals surface area (Å²) in [5.41, 5.74) is 0. The Morgan fingerprint density at radius 1 is 1.27 bits per heavy atom. The summed E-state index contributed by atoms with van der Waals surface area (Å²) in [4.78, 5) is 0. The zero-order chi connectivity index (χ0) is 8.27. The third kappa shape index (κ3) is 2.70. The van der Waals surface area contributed by atoms with Gasteiger partial charge in [-0.25, -0.2) is 0 Å². The molecule has 0 bridgehead atoms. The summed E-state index contributed by atoms with van der Waals surface area (Å²) in [6, 6.07) is 0. The van der Waals surface area contributed by atoms with E-state index in [1.165, 1.54) is 25.7 Å². The molecule has 0 aromatic carbocycles. The fourth-order valence-electron chi connectivity index (χ4n) is 2.10. The van der Waals surface area contributed by atoms with E-state index < -0.39 is 0 Å². The van der Waals surface area contributed by atoms with Crippen LogP contribution < -0.4 is 0 Å². The van der Waals surface area contributed by atoms with Crippen molar-refractivity contribution in [3.8, 4) is 0 Å². The Morgan fingerprint density at radius 2 is 1.91 bits per heavy atom. The largest absolute Gasteiger partial charge is 0.179 e. The SMILES string of the molecule is CC(C)CC1CCC1CCS. The molecular formula is C10H20S. The van der Waals surface area contributed by atoms with Crippen LogP contribution in [0.25, 0.3) is 0 Å². The zero-order valence-electron chi connectivity index (χ0n) is 7.71. The first kappa shape index (κ1) is 9.44. The Labute approximate surface area is 76.2 Å². The highest BCUT2D eigenvalue weighted by Crippen LogP contribution is 2.40. The van der Waals surface area contributed by atoms with Crippen molar-refractivity contribution in [3.05, 3.63) is 0 Å². The first-order valence-electron chi connectivity index (χ1n) is 4.85. The molecule has 11 heavy (non-hydrogen) atoms. The average molecular weight is 172 g/mol. The summed E-state index contributed by atoms with van der Waals surface area (Å²) < 4.78 is 0. The van der Waals surface area contributed by atoms with Crippen LogP contribution in [0.5, 0.6) is 0 Å². The maximum absolute atomic E-state index is 4.28. The van der Waals surface area contributed by atoms with Crippen LogP contribution in [-0.2, 0) is 0 Å². The standard InChI is InChI=1S/C10H20S/c1-8(2)7-10-4-3-9(10)5-6-11/h8-11H,3-7H2,1-2H3. The minimum atomic E-state index is 0.891. The van der Waals surface area contributed by atoms with Gasteiger partial charge < -0.3 is 0 Å². The van der Waals surface area contributed by atoms with Crippen molar-refractivity contribution in [3.63, 3.8) is 0 Å². The van der Waals surface area contributed by atoms with Crippen molar-refractivity contribution < 1.29 is 0 Å². The van der Waals surface area contributed by atoms with E-state index in [0.717, 1.165) is 23.5 Å². The fraction of sp³-hybridized carbons (Fsp3) is 1.00. The summed E-state index contributed by atoms with van der Waals surface area (Å²) in [6.45, 7) is 4.66. The molecule has 1 heteroatoms. The Balaban J connectivity index is 2.15. The van der Waals surface area contributed by atoms with Gasteiger partial charge in [-0.1, -0.05) is 13.8 Å². The molecule has 0 aromatic rings. The highest BCUT2D eigenvalue weighted by molar-refractivity contribution is 7.80. The molecule has 0 spiro atoms. The molecule has 0 nitrogen and oxygen atoms in total. The minimum absolute atomic E-state index is 0.891. The fourth-order valence-corrected chi connectivity index (χ4v) is 2.43. The molecule has 0 N–H and O–H groups in total. The predicted molar refractivity (Wildman–Crippen MR) is 54.1 cm³/mol. The van der Waals surface area contributed by atoms with E-state index >= 15 is 0 Å². The van der Waals surface area contributed by atoms with Crippen LogP contribution in [0.1, 0.15) is 39.5 Å². The van der Waals surface area contributed by atoms with Crippen molar-refractivity contribution in [2.24, 2.45) is 17.8 Å². The molecular weight excluding hydrogens is 152 g/mol. The average Bonchev–Trinajstić information content (AvgIpc) is 1.93. The number of hydrogen-bond acceptors (Lipinski definition) is 1. The van der Waals surface area contributed by atoms with E-state index in [1.807, 2.05) is 0 Å². The lowest BCUT2D eigenvalue weighted by Crippen LogP contribution is -2.27. The maximum atomic E-state index is 4.28. The van der Waals surface area contributed by atoms with E-state index in [0.29, 0.717) is 0 Å². The van der Waals surface area contributed by atoms with Gasteiger partial charge in [0.25, 0.3) is 0 Å². The van der Waals surface area contributed by atoms with E-state index in [4.69, 9.17) is 0 Å². The molecule has 1 aliphatic rings. The summed E-state index contributed by atoms with van der Waals surface area (Å²) >= 11 is 4.28. The van der Waals surface area contributed by atoms with Gasteiger partial charge >= 0.3 is 0 Å². The van der Waals surface area contributed by atoms with Gasteiger partial charge in [0.15, 0.2) is 0 Å². The van der Waals surface area contributed by atoms with Gasteiger partial charge in [-0.05, 0) is 49.2 Å². The second-order valence-corrected chi connectivity index (χ2v) is 4.69. The predicted octanol–water partition coefficient (Wildman–Crippen LogP) is 3.38. The first-order valence-corrected chi connectivity index (χ1v) is 5.48. The molecule has 0 aromatic heterocycles. The first-order chi connectivity index (χ1) is 5.24. The molecule has 1 aliphatic carbocycles. The Morgan fingerprint density at radius 3 is 2.27 bits per heavy atom. The quantitative estimate of drug-likeness (QED) is 0.618. The lowest BCUT2D eigenvalue weighted by Gasteiger charge is -2.37. The third-order valence-electron chi connectivity index (χ3n) is 2.85. The molecule has 2 unspecified atom stereocenters. The van der Waals surface area contributed by atoms with Crippen molar-refractivity contribution in [1.82, 2.24) is 0 Å². The van der Waals surface area contributed by atoms with Gasteiger partial charge in [0.05, 0.1) is 0 Å². The Kier molecular flexibility index (Phi) is 3.77. The summed E-state index contributed by atoms with van der Waals surface area (Å²) in [5, 5.41) is 0. The molecule has 1 rings (SSSR count). The number of rotatable bonds is 4. The van der Waals surface area contributed by atoms with Gasteiger partial charge in [0, 0.05) is 0 Å². The Hall–Kier alpha value is 0.350. The molecule has 0 aliphatic heterocycles. The summed E-state index contributed by atoms with van der Waals surface area (Å²) in [5.74, 6) is 4.04. The van der Waals surface area contributed by atoms with Crippen LogP contribution in [0.2, 0.25) is 0 Å². The molecule has 66 valence electrons. The number of hydrogen-bond donors (Lipinski definition) is 1. The maximum Gasteiger partial charge on any atom is -0.00952 e. The van der Waals surface area contributed by atoms with Gasteiger partial charge in [-0.2, -0.15) is 12.6 Å². The third-order valence-corrected chi connectivity index (χ3v) is 3.11. The normalized spacial score (nSPS) is 30.5. The van der Waals surface area contributed by atoms with Crippen LogP contribution in [0.3, 0.4) is 0 Å². The van der Waals surface area contributed by atoms with Crippen LogP contribution in [0.4, 0.5) is 0 Å². The van der Waals surface area contributed by atoms with Crippen LogP contribution in [0.15, 0.2) is 0 Å². The van der Waals surface area contributed by atoms with E-state index in [-0.39, 0.29) is 0 Å². The molecule has 0 heterocycles. The van der Waals surface area contributed by atoms with E-state index in [1.54, 1.807) is 0 Å². The Bertz CT molecular complexity index is 109. The molecule has 1 saturated carbocycles. The van der Waals surface area contributed by atoms with Crippen molar-refractivity contribution >= 4 is 12.6 Å². The second kappa shape index (κ2) is 4.39. The summed E-state index contributed by atoms with van der Waals surface area (Å²) in [6.07, 6.45) is 5.74. The van der Waals surface area contributed by atoms with Gasteiger partial charge in [-0.15, -0.1) is 0 Å². The highest BCUT2D eigenvalue weighted by Gasteiger charge is 2.29. The summed E-state index contributed by atoms with van der Waals surface area (Å²) in [7, 11) is 0. The monoisotopic (exact) mass is 172 g/mol. The van der Waals surface area contributed by atoms with E-state index in [2.05, 4.69) is 26.5 Å². The smallest absolute Gasteiger partial charge is 0.00952 e.